The largest absolute Gasteiger partial charge is 0.472 e. The van der Waals surface area contributed by atoms with Crippen LogP contribution in [0.1, 0.15) is 290 Å². The minimum atomic E-state index is -4.93. The molecule has 0 amide bonds. The first kappa shape index (κ1) is 89.2. The highest BCUT2D eigenvalue weighted by atomic mass is 31.2. The topological polar surface area (TPSA) is 231 Å². The van der Waals surface area contributed by atoms with Crippen molar-refractivity contribution in [2.24, 2.45) is 0 Å². The number of aliphatic hydroxyl groups is 2. The van der Waals surface area contributed by atoms with Crippen LogP contribution in [0.5, 0.6) is 0 Å². The molecule has 16 nitrogen and oxygen atoms in total. The first-order valence-electron chi connectivity index (χ1n) is 36.2. The number of ether oxygens (including phenoxy) is 3. The molecule has 0 aliphatic carbocycles. The first-order valence-corrected chi connectivity index (χ1v) is 39.2. The zero-order valence-corrected chi connectivity index (χ0v) is 59.9. The summed E-state index contributed by atoms with van der Waals surface area (Å²) in [5, 5.41) is 20.6. The lowest BCUT2D eigenvalue weighted by Crippen LogP contribution is -2.30. The zero-order valence-electron chi connectivity index (χ0n) is 58.1. The van der Waals surface area contributed by atoms with E-state index >= 15 is 0 Å². The maximum atomic E-state index is 12.9. The van der Waals surface area contributed by atoms with Crippen molar-refractivity contribution in [1.29, 1.82) is 0 Å². The average Bonchev–Trinajstić information content (AvgIpc) is 2.66. The Hall–Kier alpha value is -3.79. The van der Waals surface area contributed by atoms with E-state index in [1.807, 2.05) is 12.2 Å². The number of carbonyl (C=O) groups excluding carboxylic acids is 3. The van der Waals surface area contributed by atoms with Crippen molar-refractivity contribution < 1.29 is 75.8 Å². The van der Waals surface area contributed by atoms with Crippen LogP contribution in [0, 0.1) is 0 Å². The molecule has 536 valence electrons. The van der Waals surface area contributed by atoms with Crippen LogP contribution in [-0.2, 0) is 55.8 Å². The number of hydrogen-bond acceptors (Lipinski definition) is 14. The van der Waals surface area contributed by atoms with Crippen LogP contribution in [0.2, 0.25) is 0 Å². The number of phosphoric ester groups is 2. The first-order chi connectivity index (χ1) is 45.2. The lowest BCUT2D eigenvalue weighted by molar-refractivity contribution is -0.161. The van der Waals surface area contributed by atoms with E-state index in [9.17, 15) is 43.5 Å². The number of unbranched alkanes of at least 4 members (excludes halogenated alkanes) is 27. The van der Waals surface area contributed by atoms with Gasteiger partial charge in [-0.2, -0.15) is 0 Å². The Morgan fingerprint density at radius 1 is 0.312 bits per heavy atom. The molecule has 5 unspecified atom stereocenters. The molecule has 0 radical (unpaired) electrons. The molecule has 0 aliphatic rings. The molecule has 0 saturated carbocycles. The molecule has 0 heterocycles. The summed E-state index contributed by atoms with van der Waals surface area (Å²) < 4.78 is 60.9. The standard InChI is InChI=1S/C75H130O16P2/c1-4-7-10-13-16-19-22-25-27-29-30-31-32-33-34-35-36-37-38-40-42-44-46-49-52-55-58-61-73(78)85-64-70(76)65-87-92(81,82)88-66-71(77)67-89-93(83,84)90-69-72(91-75(80)63-60-57-54-51-48-43-24-21-18-15-12-9-6-3)68-86-74(79)62-59-56-53-50-47-45-41-39-28-26-23-20-17-14-11-8-5-2/h8,11,16-17,19-20,25-28,30-31,33-34,41,45,50,53,70-72,76-77H,4-7,9-10,12-15,18,21-24,29,32,35-40,42-44,46-49,51-52,54-69H2,1-3H3,(H,81,82)(H,83,84)/b11-8-,19-16-,20-17-,27-25-,28-26-,31-30-,34-33-,45-41-,53-50-. The Morgan fingerprint density at radius 2 is 0.581 bits per heavy atom. The van der Waals surface area contributed by atoms with Gasteiger partial charge in [0.1, 0.15) is 25.4 Å². The summed E-state index contributed by atoms with van der Waals surface area (Å²) in [6, 6.07) is 0. The van der Waals surface area contributed by atoms with Crippen molar-refractivity contribution >= 4 is 33.6 Å². The maximum Gasteiger partial charge on any atom is 0.472 e. The van der Waals surface area contributed by atoms with Crippen molar-refractivity contribution in [3.63, 3.8) is 0 Å². The molecule has 0 aliphatic heterocycles. The molecule has 93 heavy (non-hydrogen) atoms. The fraction of sp³-hybridized carbons (Fsp3) is 0.720. The number of aliphatic hydroxyl groups excluding tert-OH is 2. The fourth-order valence-electron chi connectivity index (χ4n) is 9.47. The fourth-order valence-corrected chi connectivity index (χ4v) is 11.1. The Bertz CT molecular complexity index is 2130. The normalized spacial score (nSPS) is 14.8. The molecular formula is C75H130O16P2. The van der Waals surface area contributed by atoms with Crippen LogP contribution in [0.3, 0.4) is 0 Å². The molecular weight excluding hydrogens is 1220 g/mol. The van der Waals surface area contributed by atoms with Gasteiger partial charge in [-0.25, -0.2) is 9.13 Å². The van der Waals surface area contributed by atoms with E-state index < -0.39 is 91.5 Å². The summed E-state index contributed by atoms with van der Waals surface area (Å²) >= 11 is 0. The second-order valence-electron chi connectivity index (χ2n) is 24.0. The van der Waals surface area contributed by atoms with E-state index in [-0.39, 0.29) is 19.3 Å². The number of phosphoric acid groups is 2. The van der Waals surface area contributed by atoms with Gasteiger partial charge in [0, 0.05) is 19.3 Å². The van der Waals surface area contributed by atoms with Gasteiger partial charge in [0.25, 0.3) is 0 Å². The SMILES string of the molecule is CC/C=C\C/C=C\C/C=C\C/C=C\C/C=C\CCCC(=O)OCC(COP(=O)(O)OCC(O)COP(=O)(O)OCC(O)COC(=O)CCCCCCCCCCCCC/C=C\C/C=C\C/C=C\C/C=C\CCCCC)OC(=O)CCCCCCCCCCCCCCC. The Balaban J connectivity index is 4.54. The Kier molecular flexibility index (Phi) is 65.4. The summed E-state index contributed by atoms with van der Waals surface area (Å²) in [7, 11) is -9.79. The van der Waals surface area contributed by atoms with Crippen molar-refractivity contribution in [2.45, 2.75) is 309 Å². The molecule has 5 atom stereocenters. The third-order valence-corrected chi connectivity index (χ3v) is 16.9. The van der Waals surface area contributed by atoms with E-state index in [1.165, 1.54) is 122 Å². The van der Waals surface area contributed by atoms with Crippen molar-refractivity contribution in [1.82, 2.24) is 0 Å². The monoisotopic (exact) mass is 1350 g/mol. The quantitative estimate of drug-likeness (QED) is 0.0146. The smallest absolute Gasteiger partial charge is 0.463 e. The number of allylic oxidation sites excluding steroid dienone is 18. The van der Waals surface area contributed by atoms with Gasteiger partial charge in [-0.1, -0.05) is 278 Å². The van der Waals surface area contributed by atoms with E-state index in [1.54, 1.807) is 0 Å². The molecule has 0 rings (SSSR count). The van der Waals surface area contributed by atoms with E-state index in [0.29, 0.717) is 25.7 Å². The van der Waals surface area contributed by atoms with Crippen LogP contribution < -0.4 is 0 Å². The number of carbonyl (C=O) groups is 3. The summed E-state index contributed by atoms with van der Waals surface area (Å²) in [6.07, 6.45) is 77.3. The molecule has 0 bridgehead atoms. The number of rotatable bonds is 68. The van der Waals surface area contributed by atoms with E-state index in [2.05, 4.69) is 118 Å². The molecule has 0 fully saturated rings. The van der Waals surface area contributed by atoms with Gasteiger partial charge in [-0.05, 0) is 103 Å². The third kappa shape index (κ3) is 69.4. The van der Waals surface area contributed by atoms with Crippen LogP contribution >= 0.6 is 15.6 Å². The third-order valence-electron chi connectivity index (χ3n) is 15.0. The predicted molar refractivity (Wildman–Crippen MR) is 380 cm³/mol. The molecule has 0 saturated heterocycles. The van der Waals surface area contributed by atoms with E-state index in [4.69, 9.17) is 32.3 Å². The predicted octanol–water partition coefficient (Wildman–Crippen LogP) is 20.4. The minimum absolute atomic E-state index is 0.0925. The van der Waals surface area contributed by atoms with E-state index in [0.717, 1.165) is 103 Å². The highest BCUT2D eigenvalue weighted by molar-refractivity contribution is 7.47. The minimum Gasteiger partial charge on any atom is -0.463 e. The van der Waals surface area contributed by atoms with Gasteiger partial charge in [-0.15, -0.1) is 0 Å². The van der Waals surface area contributed by atoms with Crippen LogP contribution in [0.25, 0.3) is 0 Å². The van der Waals surface area contributed by atoms with Crippen molar-refractivity contribution in [3.05, 3.63) is 109 Å². The zero-order chi connectivity index (χ0) is 68.1. The molecule has 0 spiro atoms. The van der Waals surface area contributed by atoms with Gasteiger partial charge in [0.05, 0.1) is 26.4 Å². The highest BCUT2D eigenvalue weighted by Gasteiger charge is 2.29. The summed E-state index contributed by atoms with van der Waals surface area (Å²) in [5.41, 5.74) is 0. The lowest BCUT2D eigenvalue weighted by Gasteiger charge is -2.21. The van der Waals surface area contributed by atoms with Crippen LogP contribution in [0.4, 0.5) is 0 Å². The molecule has 0 aromatic heterocycles. The summed E-state index contributed by atoms with van der Waals surface area (Å²) in [5.74, 6) is -1.64. The average molecular weight is 1350 g/mol. The molecule has 0 aromatic carbocycles. The highest BCUT2D eigenvalue weighted by Crippen LogP contribution is 2.45. The Morgan fingerprint density at radius 3 is 0.968 bits per heavy atom. The van der Waals surface area contributed by atoms with Crippen LogP contribution in [0.15, 0.2) is 109 Å². The lowest BCUT2D eigenvalue weighted by atomic mass is 10.0. The summed E-state index contributed by atoms with van der Waals surface area (Å²) in [4.78, 5) is 58.4. The van der Waals surface area contributed by atoms with Gasteiger partial charge in [0.15, 0.2) is 6.10 Å². The van der Waals surface area contributed by atoms with Crippen molar-refractivity contribution in [2.75, 3.05) is 39.6 Å². The second kappa shape index (κ2) is 68.2. The Labute approximate surface area is 564 Å². The van der Waals surface area contributed by atoms with Crippen molar-refractivity contribution in [3.8, 4) is 0 Å². The molecule has 18 heteroatoms. The van der Waals surface area contributed by atoms with Gasteiger partial charge < -0.3 is 34.2 Å². The van der Waals surface area contributed by atoms with Gasteiger partial charge in [-0.3, -0.25) is 32.5 Å². The van der Waals surface area contributed by atoms with Crippen LogP contribution in [-0.4, -0.2) is 95.9 Å². The number of esters is 3. The van der Waals surface area contributed by atoms with Gasteiger partial charge >= 0.3 is 33.6 Å². The van der Waals surface area contributed by atoms with Gasteiger partial charge in [0.2, 0.25) is 0 Å². The number of hydrogen-bond donors (Lipinski definition) is 4. The molecule has 4 N–H and O–H groups in total. The second-order valence-corrected chi connectivity index (χ2v) is 26.9. The maximum absolute atomic E-state index is 12.9. The summed E-state index contributed by atoms with van der Waals surface area (Å²) in [6.45, 7) is 2.47. The molecule has 0 aromatic rings.